The minimum Gasteiger partial charge on any atom is -0.484 e. The first-order chi connectivity index (χ1) is 9.69. The van der Waals surface area contributed by atoms with Gasteiger partial charge in [0.2, 0.25) is 0 Å². The Kier molecular flexibility index (Phi) is 5.00. The maximum Gasteiger partial charge on any atom is 0.257 e. The molecule has 20 heavy (non-hydrogen) atoms. The molecule has 0 aromatic heterocycles. The van der Waals surface area contributed by atoms with Gasteiger partial charge >= 0.3 is 0 Å². The zero-order valence-corrected chi connectivity index (χ0v) is 11.8. The molecular formula is C16H20N2O2. The fourth-order valence-electron chi connectivity index (χ4n) is 2.60. The van der Waals surface area contributed by atoms with E-state index in [0.717, 1.165) is 6.54 Å². The summed E-state index contributed by atoms with van der Waals surface area (Å²) in [5.74, 6) is 1.82. The molecule has 1 fully saturated rings. The Morgan fingerprint density at radius 1 is 1.40 bits per heavy atom. The van der Waals surface area contributed by atoms with Crippen LogP contribution in [0.5, 0.6) is 5.75 Å². The Hall–Kier alpha value is -2.02. The molecule has 1 aromatic carbocycles. The molecule has 1 amide bonds. The highest BCUT2D eigenvalue weighted by atomic mass is 16.5. The third kappa shape index (κ3) is 3.99. The first-order valence-electron chi connectivity index (χ1n) is 7.08. The summed E-state index contributed by atoms with van der Waals surface area (Å²) in [6.45, 7) is 3.01. The first-order valence-corrected chi connectivity index (χ1v) is 7.08. The molecule has 1 N–H and O–H groups in total. The normalized spacial score (nSPS) is 21.2. The van der Waals surface area contributed by atoms with E-state index >= 15 is 0 Å². The van der Waals surface area contributed by atoms with Gasteiger partial charge in [0.1, 0.15) is 5.75 Å². The Balaban J connectivity index is 1.70. The van der Waals surface area contributed by atoms with E-state index in [2.05, 4.69) is 12.2 Å². The van der Waals surface area contributed by atoms with E-state index in [1.165, 1.54) is 19.3 Å². The molecule has 106 valence electrons. The Morgan fingerprint density at radius 3 is 2.75 bits per heavy atom. The van der Waals surface area contributed by atoms with Crippen LogP contribution in [-0.4, -0.2) is 19.1 Å². The fraction of sp³-hybridized carbons (Fsp3) is 0.500. The van der Waals surface area contributed by atoms with Gasteiger partial charge in [0.25, 0.3) is 5.91 Å². The molecule has 0 bridgehead atoms. The number of nitrogens with zero attached hydrogens (tertiary/aromatic N) is 1. The number of ether oxygens (including phenoxy) is 1. The summed E-state index contributed by atoms with van der Waals surface area (Å²) in [6, 6.07) is 8.79. The number of nitriles is 1. The lowest BCUT2D eigenvalue weighted by Gasteiger charge is -2.16. The third-order valence-electron chi connectivity index (χ3n) is 3.95. The number of hydrogen-bond donors (Lipinski definition) is 1. The van der Waals surface area contributed by atoms with Crippen molar-refractivity contribution in [1.29, 1.82) is 5.26 Å². The van der Waals surface area contributed by atoms with Crippen LogP contribution >= 0.6 is 0 Å². The van der Waals surface area contributed by atoms with Crippen molar-refractivity contribution in [3.63, 3.8) is 0 Å². The van der Waals surface area contributed by atoms with Crippen molar-refractivity contribution in [2.45, 2.75) is 26.2 Å². The maximum absolute atomic E-state index is 11.7. The Morgan fingerprint density at radius 2 is 2.15 bits per heavy atom. The number of carbonyl (C=O) groups is 1. The van der Waals surface area contributed by atoms with Crippen LogP contribution in [0, 0.1) is 23.2 Å². The van der Waals surface area contributed by atoms with Crippen molar-refractivity contribution in [2.75, 3.05) is 13.2 Å². The highest BCUT2D eigenvalue weighted by Gasteiger charge is 2.23. The van der Waals surface area contributed by atoms with Gasteiger partial charge in [-0.2, -0.15) is 5.26 Å². The summed E-state index contributed by atoms with van der Waals surface area (Å²) in [7, 11) is 0. The van der Waals surface area contributed by atoms with Gasteiger partial charge in [-0.3, -0.25) is 4.79 Å². The molecule has 2 unspecified atom stereocenters. The van der Waals surface area contributed by atoms with Crippen molar-refractivity contribution in [1.82, 2.24) is 5.32 Å². The minimum absolute atomic E-state index is 0.0208. The second-order valence-corrected chi connectivity index (χ2v) is 5.40. The molecule has 0 spiro atoms. The van der Waals surface area contributed by atoms with Crippen LogP contribution in [0.4, 0.5) is 0 Å². The van der Waals surface area contributed by atoms with Crippen LogP contribution in [0.25, 0.3) is 0 Å². The Labute approximate surface area is 119 Å². The van der Waals surface area contributed by atoms with Crippen LogP contribution in [0.15, 0.2) is 24.3 Å². The molecule has 0 radical (unpaired) electrons. The molecule has 0 heterocycles. The topological polar surface area (TPSA) is 62.1 Å². The number of rotatable bonds is 5. The summed E-state index contributed by atoms with van der Waals surface area (Å²) in [5.41, 5.74) is 0.581. The zero-order valence-electron chi connectivity index (χ0n) is 11.8. The third-order valence-corrected chi connectivity index (χ3v) is 3.95. The van der Waals surface area contributed by atoms with Gasteiger partial charge in [0.15, 0.2) is 6.61 Å². The molecular weight excluding hydrogens is 252 g/mol. The standard InChI is InChI=1S/C16H20N2O2/c1-12-3-2-4-14(12)10-18-16(19)11-20-15-7-5-13(9-17)6-8-15/h5-8,12,14H,2-4,10-11H2,1H3,(H,18,19). The minimum atomic E-state index is -0.0894. The SMILES string of the molecule is CC1CCCC1CNC(=O)COc1ccc(C#N)cc1. The van der Waals surface area contributed by atoms with Gasteiger partial charge in [0, 0.05) is 6.54 Å². The highest BCUT2D eigenvalue weighted by molar-refractivity contribution is 5.77. The Bertz CT molecular complexity index is 490. The molecule has 2 rings (SSSR count). The monoisotopic (exact) mass is 272 g/mol. The van der Waals surface area contributed by atoms with Crippen LogP contribution in [0.1, 0.15) is 31.7 Å². The van der Waals surface area contributed by atoms with Gasteiger partial charge in [-0.05, 0) is 42.5 Å². The predicted molar refractivity (Wildman–Crippen MR) is 76.2 cm³/mol. The molecule has 4 nitrogen and oxygen atoms in total. The summed E-state index contributed by atoms with van der Waals surface area (Å²) in [5, 5.41) is 11.6. The average molecular weight is 272 g/mol. The van der Waals surface area contributed by atoms with E-state index in [4.69, 9.17) is 10.00 Å². The lowest BCUT2D eigenvalue weighted by molar-refractivity contribution is -0.123. The van der Waals surface area contributed by atoms with E-state index < -0.39 is 0 Å². The lowest BCUT2D eigenvalue weighted by atomic mass is 9.98. The van der Waals surface area contributed by atoms with Gasteiger partial charge in [0.05, 0.1) is 11.6 Å². The lowest BCUT2D eigenvalue weighted by Crippen LogP contribution is -2.33. The fourth-order valence-corrected chi connectivity index (χ4v) is 2.60. The molecule has 2 atom stereocenters. The second-order valence-electron chi connectivity index (χ2n) is 5.40. The average Bonchev–Trinajstić information content (AvgIpc) is 2.89. The largest absolute Gasteiger partial charge is 0.484 e. The molecule has 0 aliphatic heterocycles. The molecule has 1 aliphatic rings. The van der Waals surface area contributed by atoms with Crippen LogP contribution in [-0.2, 0) is 4.79 Å². The highest BCUT2D eigenvalue weighted by Crippen LogP contribution is 2.30. The van der Waals surface area contributed by atoms with Crippen molar-refractivity contribution >= 4 is 5.91 Å². The molecule has 1 aliphatic carbocycles. The molecule has 4 heteroatoms. The number of hydrogen-bond acceptors (Lipinski definition) is 3. The smallest absolute Gasteiger partial charge is 0.257 e. The maximum atomic E-state index is 11.7. The molecule has 1 saturated carbocycles. The summed E-state index contributed by atoms with van der Waals surface area (Å²) in [6.07, 6.45) is 3.74. The summed E-state index contributed by atoms with van der Waals surface area (Å²) < 4.78 is 5.39. The van der Waals surface area contributed by atoms with E-state index in [0.29, 0.717) is 23.1 Å². The van der Waals surface area contributed by atoms with Crippen molar-refractivity contribution in [3.05, 3.63) is 29.8 Å². The van der Waals surface area contributed by atoms with Gasteiger partial charge in [-0.1, -0.05) is 19.8 Å². The van der Waals surface area contributed by atoms with Crippen molar-refractivity contribution < 1.29 is 9.53 Å². The summed E-state index contributed by atoms with van der Waals surface area (Å²) in [4.78, 5) is 11.7. The zero-order chi connectivity index (χ0) is 14.4. The van der Waals surface area contributed by atoms with E-state index in [1.807, 2.05) is 6.07 Å². The van der Waals surface area contributed by atoms with Crippen LogP contribution < -0.4 is 10.1 Å². The number of amides is 1. The number of carbonyl (C=O) groups excluding carboxylic acids is 1. The number of nitrogens with one attached hydrogen (secondary N) is 1. The van der Waals surface area contributed by atoms with Crippen molar-refractivity contribution in [2.24, 2.45) is 11.8 Å². The van der Waals surface area contributed by atoms with E-state index in [-0.39, 0.29) is 12.5 Å². The van der Waals surface area contributed by atoms with E-state index in [9.17, 15) is 4.79 Å². The van der Waals surface area contributed by atoms with E-state index in [1.54, 1.807) is 24.3 Å². The van der Waals surface area contributed by atoms with Gasteiger partial charge in [-0.25, -0.2) is 0 Å². The summed E-state index contributed by atoms with van der Waals surface area (Å²) >= 11 is 0. The quantitative estimate of drug-likeness (QED) is 0.895. The first kappa shape index (κ1) is 14.4. The molecule has 0 saturated heterocycles. The predicted octanol–water partition coefficient (Wildman–Crippen LogP) is 2.49. The van der Waals surface area contributed by atoms with Crippen LogP contribution in [0.3, 0.4) is 0 Å². The second kappa shape index (κ2) is 6.95. The molecule has 1 aromatic rings. The van der Waals surface area contributed by atoms with Crippen molar-refractivity contribution in [3.8, 4) is 11.8 Å². The van der Waals surface area contributed by atoms with Crippen LogP contribution in [0.2, 0.25) is 0 Å². The van der Waals surface area contributed by atoms with Gasteiger partial charge in [-0.15, -0.1) is 0 Å². The number of benzene rings is 1. The van der Waals surface area contributed by atoms with Gasteiger partial charge < -0.3 is 10.1 Å².